The van der Waals surface area contributed by atoms with Gasteiger partial charge in [-0.05, 0) is 43.7 Å². The summed E-state index contributed by atoms with van der Waals surface area (Å²) in [4.78, 5) is 0. The summed E-state index contributed by atoms with van der Waals surface area (Å²) in [5.74, 6) is -0.204. The van der Waals surface area contributed by atoms with Gasteiger partial charge in [0.15, 0.2) is 0 Å². The molecule has 3 nitrogen and oxygen atoms in total. The van der Waals surface area contributed by atoms with Crippen LogP contribution < -0.4 is 5.32 Å². The Hall–Kier alpha value is -1.68. The standard InChI is InChI=1S/C15H20FN3/c1-5-17-15(14-9-19(4)18-11(14)3)13-8-12(16)7-6-10(13)2/h6-9,15,17H,5H2,1-4H3. The summed E-state index contributed by atoms with van der Waals surface area (Å²) in [6, 6.07) is 4.91. The Bertz CT molecular complexity index is 575. The lowest BCUT2D eigenvalue weighted by molar-refractivity contribution is 0.599. The van der Waals surface area contributed by atoms with Crippen molar-refractivity contribution in [1.29, 1.82) is 0 Å². The third-order valence-corrected chi connectivity index (χ3v) is 3.32. The maximum atomic E-state index is 13.5. The average molecular weight is 261 g/mol. The Labute approximate surface area is 113 Å². The van der Waals surface area contributed by atoms with E-state index >= 15 is 0 Å². The number of aryl methyl sites for hydroxylation is 3. The average Bonchev–Trinajstić information content (AvgIpc) is 2.69. The van der Waals surface area contributed by atoms with E-state index in [1.165, 1.54) is 6.07 Å². The first-order chi connectivity index (χ1) is 9.02. The fraction of sp³-hybridized carbons (Fsp3) is 0.400. The molecule has 0 aliphatic heterocycles. The quantitative estimate of drug-likeness (QED) is 0.917. The Balaban J connectivity index is 2.51. The summed E-state index contributed by atoms with van der Waals surface area (Å²) in [5.41, 5.74) is 4.11. The van der Waals surface area contributed by atoms with Gasteiger partial charge >= 0.3 is 0 Å². The Kier molecular flexibility index (Phi) is 4.00. The molecule has 0 bridgehead atoms. The van der Waals surface area contributed by atoms with Crippen LogP contribution in [0, 0.1) is 19.7 Å². The predicted molar refractivity (Wildman–Crippen MR) is 74.6 cm³/mol. The van der Waals surface area contributed by atoms with Crippen molar-refractivity contribution in [2.75, 3.05) is 6.54 Å². The van der Waals surface area contributed by atoms with Gasteiger partial charge in [0.2, 0.25) is 0 Å². The summed E-state index contributed by atoms with van der Waals surface area (Å²) in [5, 5.41) is 7.79. The number of nitrogens with zero attached hydrogens (tertiary/aromatic N) is 2. The summed E-state index contributed by atoms with van der Waals surface area (Å²) in [7, 11) is 1.90. The molecule has 19 heavy (non-hydrogen) atoms. The van der Waals surface area contributed by atoms with Gasteiger partial charge in [0, 0.05) is 18.8 Å². The summed E-state index contributed by atoms with van der Waals surface area (Å²) in [6.45, 7) is 6.85. The van der Waals surface area contributed by atoms with Crippen molar-refractivity contribution in [2.24, 2.45) is 7.05 Å². The Morgan fingerprint density at radius 2 is 2.05 bits per heavy atom. The number of halogens is 1. The van der Waals surface area contributed by atoms with Gasteiger partial charge in [-0.1, -0.05) is 13.0 Å². The molecule has 0 spiro atoms. The molecule has 2 aromatic rings. The van der Waals surface area contributed by atoms with Crippen molar-refractivity contribution >= 4 is 0 Å². The zero-order valence-electron chi connectivity index (χ0n) is 11.9. The fourth-order valence-corrected chi connectivity index (χ4v) is 2.42. The van der Waals surface area contributed by atoms with Crippen LogP contribution in [0.5, 0.6) is 0 Å². The lowest BCUT2D eigenvalue weighted by Crippen LogP contribution is -2.23. The zero-order chi connectivity index (χ0) is 14.0. The van der Waals surface area contributed by atoms with E-state index in [1.807, 2.05) is 40.1 Å². The van der Waals surface area contributed by atoms with Crippen LogP contribution >= 0.6 is 0 Å². The van der Waals surface area contributed by atoms with Gasteiger partial charge in [0.1, 0.15) is 5.82 Å². The molecular weight excluding hydrogens is 241 g/mol. The predicted octanol–water partition coefficient (Wildman–Crippen LogP) is 2.87. The van der Waals surface area contributed by atoms with Crippen molar-refractivity contribution in [2.45, 2.75) is 26.8 Å². The van der Waals surface area contributed by atoms with Crippen LogP contribution in [0.1, 0.15) is 35.3 Å². The third kappa shape index (κ3) is 2.84. The first-order valence-electron chi connectivity index (χ1n) is 6.52. The number of aromatic nitrogens is 2. The van der Waals surface area contributed by atoms with Gasteiger partial charge in [-0.15, -0.1) is 0 Å². The molecule has 0 aliphatic rings. The highest BCUT2D eigenvalue weighted by atomic mass is 19.1. The van der Waals surface area contributed by atoms with Gasteiger partial charge < -0.3 is 5.32 Å². The van der Waals surface area contributed by atoms with E-state index in [0.717, 1.165) is 28.9 Å². The maximum Gasteiger partial charge on any atom is 0.123 e. The first kappa shape index (κ1) is 13.7. The van der Waals surface area contributed by atoms with Gasteiger partial charge in [-0.25, -0.2) is 4.39 Å². The van der Waals surface area contributed by atoms with Crippen LogP contribution in [0.25, 0.3) is 0 Å². The molecule has 1 N–H and O–H groups in total. The number of nitrogens with one attached hydrogen (secondary N) is 1. The zero-order valence-corrected chi connectivity index (χ0v) is 11.9. The number of hydrogen-bond acceptors (Lipinski definition) is 2. The van der Waals surface area contributed by atoms with Crippen molar-refractivity contribution in [3.63, 3.8) is 0 Å². The van der Waals surface area contributed by atoms with Crippen LogP contribution in [0.2, 0.25) is 0 Å². The van der Waals surface area contributed by atoms with Gasteiger partial charge in [-0.3, -0.25) is 4.68 Å². The largest absolute Gasteiger partial charge is 0.306 e. The van der Waals surface area contributed by atoms with Crippen molar-refractivity contribution in [3.8, 4) is 0 Å². The monoisotopic (exact) mass is 261 g/mol. The number of benzene rings is 1. The molecule has 0 radical (unpaired) electrons. The van der Waals surface area contributed by atoms with E-state index in [1.54, 1.807) is 10.7 Å². The molecule has 1 unspecified atom stereocenters. The van der Waals surface area contributed by atoms with E-state index in [0.29, 0.717) is 0 Å². The van der Waals surface area contributed by atoms with Crippen molar-refractivity contribution < 1.29 is 4.39 Å². The fourth-order valence-electron chi connectivity index (χ4n) is 2.42. The van der Waals surface area contributed by atoms with E-state index in [2.05, 4.69) is 10.4 Å². The summed E-state index contributed by atoms with van der Waals surface area (Å²) in [6.07, 6.45) is 1.99. The molecule has 102 valence electrons. The third-order valence-electron chi connectivity index (χ3n) is 3.32. The van der Waals surface area contributed by atoms with E-state index in [9.17, 15) is 4.39 Å². The minimum atomic E-state index is -0.204. The molecular formula is C15H20FN3. The van der Waals surface area contributed by atoms with Crippen LogP contribution in [-0.4, -0.2) is 16.3 Å². The highest BCUT2D eigenvalue weighted by molar-refractivity contribution is 5.38. The number of hydrogen-bond donors (Lipinski definition) is 1. The molecule has 0 saturated carbocycles. The molecule has 0 aliphatic carbocycles. The van der Waals surface area contributed by atoms with Crippen LogP contribution in [0.15, 0.2) is 24.4 Å². The molecule has 4 heteroatoms. The second-order valence-electron chi connectivity index (χ2n) is 4.84. The molecule has 1 atom stereocenters. The summed E-state index contributed by atoms with van der Waals surface area (Å²) >= 11 is 0. The minimum absolute atomic E-state index is 0.0191. The number of rotatable bonds is 4. The maximum absolute atomic E-state index is 13.5. The second-order valence-corrected chi connectivity index (χ2v) is 4.84. The molecule has 1 heterocycles. The smallest absolute Gasteiger partial charge is 0.123 e. The highest BCUT2D eigenvalue weighted by Crippen LogP contribution is 2.27. The van der Waals surface area contributed by atoms with Crippen LogP contribution in [-0.2, 0) is 7.05 Å². The molecule has 0 amide bonds. The lowest BCUT2D eigenvalue weighted by Gasteiger charge is -2.20. The normalized spacial score (nSPS) is 12.7. The summed E-state index contributed by atoms with van der Waals surface area (Å²) < 4.78 is 15.3. The van der Waals surface area contributed by atoms with E-state index < -0.39 is 0 Å². The van der Waals surface area contributed by atoms with Crippen molar-refractivity contribution in [1.82, 2.24) is 15.1 Å². The second kappa shape index (κ2) is 5.53. The van der Waals surface area contributed by atoms with Gasteiger partial charge in [-0.2, -0.15) is 5.10 Å². The minimum Gasteiger partial charge on any atom is -0.306 e. The van der Waals surface area contributed by atoms with Gasteiger partial charge in [0.05, 0.1) is 11.7 Å². The van der Waals surface area contributed by atoms with Gasteiger partial charge in [0.25, 0.3) is 0 Å². The van der Waals surface area contributed by atoms with E-state index in [-0.39, 0.29) is 11.9 Å². The Morgan fingerprint density at radius 3 is 2.63 bits per heavy atom. The van der Waals surface area contributed by atoms with Crippen molar-refractivity contribution in [3.05, 3.63) is 52.6 Å². The van der Waals surface area contributed by atoms with E-state index in [4.69, 9.17) is 0 Å². The molecule has 1 aromatic heterocycles. The Morgan fingerprint density at radius 1 is 1.32 bits per heavy atom. The highest BCUT2D eigenvalue weighted by Gasteiger charge is 2.19. The van der Waals surface area contributed by atoms with Crippen LogP contribution in [0.3, 0.4) is 0 Å². The lowest BCUT2D eigenvalue weighted by atomic mass is 9.95. The van der Waals surface area contributed by atoms with Crippen LogP contribution in [0.4, 0.5) is 4.39 Å². The molecule has 0 saturated heterocycles. The topological polar surface area (TPSA) is 29.9 Å². The molecule has 0 fully saturated rings. The SMILES string of the molecule is CCNC(c1cc(F)ccc1C)c1cn(C)nc1C. The molecule has 2 rings (SSSR count). The molecule has 1 aromatic carbocycles. The first-order valence-corrected chi connectivity index (χ1v) is 6.52.